The number of hydrogen-bond acceptors (Lipinski definition) is 5. The van der Waals surface area contributed by atoms with E-state index in [2.05, 4.69) is 15.1 Å². The van der Waals surface area contributed by atoms with Crippen LogP contribution >= 0.6 is 0 Å². The van der Waals surface area contributed by atoms with Crippen LogP contribution in [-0.4, -0.2) is 59.4 Å². The van der Waals surface area contributed by atoms with Gasteiger partial charge < -0.3 is 14.9 Å². The molecule has 1 aromatic heterocycles. The average Bonchev–Trinajstić information content (AvgIpc) is 2.46. The van der Waals surface area contributed by atoms with Crippen LogP contribution in [0, 0.1) is 0 Å². The molecule has 1 fully saturated rings. The number of aromatic nitrogens is 2. The number of anilines is 1. The summed E-state index contributed by atoms with van der Waals surface area (Å²) in [5, 5.41) is 17.5. The second kappa shape index (κ2) is 5.97. The van der Waals surface area contributed by atoms with Gasteiger partial charge in [-0.1, -0.05) is 0 Å². The Morgan fingerprint density at radius 1 is 1.42 bits per heavy atom. The molecule has 1 amide bonds. The van der Waals surface area contributed by atoms with E-state index in [4.69, 9.17) is 0 Å². The molecule has 0 saturated carbocycles. The molecule has 1 unspecified atom stereocenters. The summed E-state index contributed by atoms with van der Waals surface area (Å²) in [5.74, 6) is 0.574. The highest BCUT2D eigenvalue weighted by Gasteiger charge is 2.23. The summed E-state index contributed by atoms with van der Waals surface area (Å²) in [4.78, 5) is 15.3. The smallest absolute Gasteiger partial charge is 0.273 e. The molecular weight excluding hydrogens is 244 g/mol. The van der Waals surface area contributed by atoms with Crippen LogP contribution in [0.1, 0.15) is 29.8 Å². The van der Waals surface area contributed by atoms with Crippen LogP contribution < -0.4 is 4.90 Å². The molecule has 19 heavy (non-hydrogen) atoms. The van der Waals surface area contributed by atoms with Crippen molar-refractivity contribution < 1.29 is 9.90 Å². The SMILES string of the molecule is CN(C)C(=O)c1ccc(N2CCCCC2CO)nn1. The van der Waals surface area contributed by atoms with Gasteiger partial charge >= 0.3 is 0 Å². The molecule has 104 valence electrons. The van der Waals surface area contributed by atoms with Crippen molar-refractivity contribution in [3.8, 4) is 0 Å². The average molecular weight is 264 g/mol. The fraction of sp³-hybridized carbons (Fsp3) is 0.615. The number of aliphatic hydroxyl groups is 1. The molecule has 0 aliphatic carbocycles. The molecule has 1 aromatic rings. The molecule has 2 heterocycles. The molecule has 6 heteroatoms. The molecule has 1 aliphatic rings. The van der Waals surface area contributed by atoms with Crippen LogP contribution in [-0.2, 0) is 0 Å². The number of rotatable bonds is 3. The largest absolute Gasteiger partial charge is 0.394 e. The second-order valence-corrected chi connectivity index (χ2v) is 5.00. The fourth-order valence-corrected chi connectivity index (χ4v) is 2.31. The topological polar surface area (TPSA) is 69.6 Å². The molecule has 6 nitrogen and oxygen atoms in total. The van der Waals surface area contributed by atoms with E-state index in [1.54, 1.807) is 26.2 Å². The van der Waals surface area contributed by atoms with Gasteiger partial charge in [0.05, 0.1) is 12.6 Å². The van der Waals surface area contributed by atoms with Crippen LogP contribution in [0.2, 0.25) is 0 Å². The van der Waals surface area contributed by atoms with Crippen LogP contribution in [0.3, 0.4) is 0 Å². The van der Waals surface area contributed by atoms with E-state index in [1.165, 1.54) is 4.90 Å². The lowest BCUT2D eigenvalue weighted by Crippen LogP contribution is -2.42. The third-order valence-corrected chi connectivity index (χ3v) is 3.41. The van der Waals surface area contributed by atoms with Crippen molar-refractivity contribution in [3.63, 3.8) is 0 Å². The monoisotopic (exact) mass is 264 g/mol. The first-order valence-corrected chi connectivity index (χ1v) is 6.56. The van der Waals surface area contributed by atoms with E-state index in [9.17, 15) is 9.90 Å². The van der Waals surface area contributed by atoms with Crippen LogP contribution in [0.5, 0.6) is 0 Å². The molecule has 1 aliphatic heterocycles. The number of hydrogen-bond donors (Lipinski definition) is 1. The minimum absolute atomic E-state index is 0.110. The van der Waals surface area contributed by atoms with Gasteiger partial charge in [-0.25, -0.2) is 0 Å². The molecule has 1 saturated heterocycles. The van der Waals surface area contributed by atoms with Crippen LogP contribution in [0.15, 0.2) is 12.1 Å². The summed E-state index contributed by atoms with van der Waals surface area (Å²) in [6, 6.07) is 3.60. The van der Waals surface area contributed by atoms with Crippen molar-refractivity contribution in [1.29, 1.82) is 0 Å². The van der Waals surface area contributed by atoms with Gasteiger partial charge in [-0.2, -0.15) is 0 Å². The van der Waals surface area contributed by atoms with Crippen molar-refractivity contribution in [3.05, 3.63) is 17.8 Å². The predicted octanol–water partition coefficient (Wildman–Crippen LogP) is 0.530. The van der Waals surface area contributed by atoms with Gasteiger partial charge in [0.15, 0.2) is 11.5 Å². The Bertz CT molecular complexity index is 433. The second-order valence-electron chi connectivity index (χ2n) is 5.00. The van der Waals surface area contributed by atoms with Gasteiger partial charge in [0, 0.05) is 20.6 Å². The Hall–Kier alpha value is -1.69. The maximum atomic E-state index is 11.7. The maximum Gasteiger partial charge on any atom is 0.273 e. The van der Waals surface area contributed by atoms with Crippen molar-refractivity contribution in [2.24, 2.45) is 0 Å². The summed E-state index contributed by atoms with van der Waals surface area (Å²) in [7, 11) is 3.37. The van der Waals surface area contributed by atoms with Gasteiger partial charge in [0.25, 0.3) is 5.91 Å². The lowest BCUT2D eigenvalue weighted by atomic mass is 10.0. The predicted molar refractivity (Wildman–Crippen MR) is 72.1 cm³/mol. The summed E-state index contributed by atoms with van der Waals surface area (Å²) in [6.45, 7) is 1.00. The number of nitrogens with zero attached hydrogens (tertiary/aromatic N) is 4. The van der Waals surface area contributed by atoms with Gasteiger partial charge in [0.1, 0.15) is 0 Å². The normalized spacial score (nSPS) is 19.3. The van der Waals surface area contributed by atoms with Crippen molar-refractivity contribution in [1.82, 2.24) is 15.1 Å². The zero-order valence-corrected chi connectivity index (χ0v) is 11.4. The Morgan fingerprint density at radius 2 is 2.21 bits per heavy atom. The lowest BCUT2D eigenvalue weighted by Gasteiger charge is -2.35. The standard InChI is InChI=1S/C13H20N4O2/c1-16(2)13(19)11-6-7-12(15-14-11)17-8-4-3-5-10(17)9-18/h6-7,10,18H,3-5,8-9H2,1-2H3. The Kier molecular flexibility index (Phi) is 4.31. The molecule has 0 spiro atoms. The van der Waals surface area contributed by atoms with Gasteiger partial charge in [-0.05, 0) is 31.4 Å². The quantitative estimate of drug-likeness (QED) is 0.862. The zero-order valence-electron chi connectivity index (χ0n) is 11.4. The van der Waals surface area contributed by atoms with E-state index in [0.29, 0.717) is 5.69 Å². The maximum absolute atomic E-state index is 11.7. The highest BCUT2D eigenvalue weighted by molar-refractivity contribution is 5.91. The summed E-state index contributed by atoms with van der Waals surface area (Å²) >= 11 is 0. The molecule has 2 rings (SSSR count). The number of amides is 1. The van der Waals surface area contributed by atoms with E-state index in [0.717, 1.165) is 31.6 Å². The van der Waals surface area contributed by atoms with E-state index in [-0.39, 0.29) is 18.6 Å². The Labute approximate surface area is 113 Å². The summed E-state index contributed by atoms with van der Waals surface area (Å²) < 4.78 is 0. The van der Waals surface area contributed by atoms with Gasteiger partial charge in [-0.3, -0.25) is 4.79 Å². The zero-order chi connectivity index (χ0) is 13.8. The third kappa shape index (κ3) is 3.01. The highest BCUT2D eigenvalue weighted by atomic mass is 16.3. The van der Waals surface area contributed by atoms with E-state index >= 15 is 0 Å². The molecule has 1 atom stereocenters. The molecule has 0 aromatic carbocycles. The number of aliphatic hydroxyl groups excluding tert-OH is 1. The lowest BCUT2D eigenvalue weighted by molar-refractivity contribution is 0.0821. The number of carbonyl (C=O) groups is 1. The minimum atomic E-state index is -0.156. The number of carbonyl (C=O) groups excluding carboxylic acids is 1. The fourth-order valence-electron chi connectivity index (χ4n) is 2.31. The Balaban J connectivity index is 2.15. The molecule has 1 N–H and O–H groups in total. The molecule has 0 bridgehead atoms. The van der Waals surface area contributed by atoms with E-state index in [1.807, 2.05) is 0 Å². The first-order chi connectivity index (χ1) is 9.13. The van der Waals surface area contributed by atoms with Gasteiger partial charge in [-0.15, -0.1) is 10.2 Å². The van der Waals surface area contributed by atoms with Crippen molar-refractivity contribution in [2.45, 2.75) is 25.3 Å². The van der Waals surface area contributed by atoms with Crippen molar-refractivity contribution in [2.75, 3.05) is 32.1 Å². The van der Waals surface area contributed by atoms with E-state index < -0.39 is 0 Å². The van der Waals surface area contributed by atoms with Crippen LogP contribution in [0.4, 0.5) is 5.82 Å². The number of piperidine rings is 1. The van der Waals surface area contributed by atoms with Gasteiger partial charge in [0.2, 0.25) is 0 Å². The summed E-state index contributed by atoms with van der Waals surface area (Å²) in [5.41, 5.74) is 0.339. The first-order valence-electron chi connectivity index (χ1n) is 6.56. The first kappa shape index (κ1) is 13.7. The molecule has 0 radical (unpaired) electrons. The third-order valence-electron chi connectivity index (χ3n) is 3.41. The van der Waals surface area contributed by atoms with Crippen molar-refractivity contribution >= 4 is 11.7 Å². The van der Waals surface area contributed by atoms with Crippen LogP contribution in [0.25, 0.3) is 0 Å². The highest BCUT2D eigenvalue weighted by Crippen LogP contribution is 2.22. The Morgan fingerprint density at radius 3 is 2.79 bits per heavy atom. The summed E-state index contributed by atoms with van der Waals surface area (Å²) in [6.07, 6.45) is 3.19. The minimum Gasteiger partial charge on any atom is -0.394 e. The molecular formula is C13H20N4O2.